The predicted molar refractivity (Wildman–Crippen MR) is 124 cm³/mol. The normalized spacial score (nSPS) is 15.2. The quantitative estimate of drug-likeness (QED) is 0.443. The number of aromatic nitrogens is 1. The largest absolute Gasteiger partial charge is 0.439 e. The van der Waals surface area contributed by atoms with E-state index >= 15 is 0 Å². The number of hydrogen-bond acceptors (Lipinski definition) is 2. The number of pyridine rings is 1. The Kier molecular flexibility index (Phi) is 5.60. The molecule has 154 valence electrons. The van der Waals surface area contributed by atoms with Crippen LogP contribution in [-0.4, -0.2) is 39.2 Å². The summed E-state index contributed by atoms with van der Waals surface area (Å²) >= 11 is 0. The van der Waals surface area contributed by atoms with Crippen LogP contribution in [0, 0.1) is 0 Å². The summed E-state index contributed by atoms with van der Waals surface area (Å²) in [7, 11) is 8.77. The van der Waals surface area contributed by atoms with Crippen LogP contribution in [0.1, 0.15) is 12.0 Å². The van der Waals surface area contributed by atoms with Gasteiger partial charge in [-0.2, -0.15) is 4.57 Å². The number of para-hydroxylation sites is 3. The van der Waals surface area contributed by atoms with Gasteiger partial charge in [-0.15, -0.1) is 0 Å². The Hall–Kier alpha value is -3.11. The van der Waals surface area contributed by atoms with Gasteiger partial charge in [0, 0.05) is 19.2 Å². The topological polar surface area (TPSA) is 16.4 Å². The fraction of sp³-hybridized carbons (Fsp3) is 0.269. The van der Waals surface area contributed by atoms with Crippen LogP contribution in [0.3, 0.4) is 0 Å². The Morgan fingerprint density at radius 2 is 1.77 bits per heavy atom. The molecule has 0 N–H and O–H groups in total. The van der Waals surface area contributed by atoms with E-state index < -0.39 is 0 Å². The van der Waals surface area contributed by atoms with Gasteiger partial charge in [0.25, 0.3) is 0 Å². The lowest BCUT2D eigenvalue weighted by Crippen LogP contribution is -2.40. The summed E-state index contributed by atoms with van der Waals surface area (Å²) in [5.41, 5.74) is 3.58. The third kappa shape index (κ3) is 4.39. The van der Waals surface area contributed by atoms with E-state index in [0.717, 1.165) is 41.3 Å². The van der Waals surface area contributed by atoms with Gasteiger partial charge in [0.15, 0.2) is 24.4 Å². The summed E-state index contributed by atoms with van der Waals surface area (Å²) in [4.78, 5) is 2.07. The van der Waals surface area contributed by atoms with Gasteiger partial charge in [-0.1, -0.05) is 36.4 Å². The van der Waals surface area contributed by atoms with Gasteiger partial charge < -0.3 is 14.1 Å². The highest BCUT2D eigenvalue weighted by molar-refractivity contribution is 5.85. The number of ether oxygens (including phenoxy) is 1. The predicted octanol–water partition coefficient (Wildman–Crippen LogP) is 4.61. The number of benzene rings is 2. The van der Waals surface area contributed by atoms with Gasteiger partial charge in [0.2, 0.25) is 5.52 Å². The Morgan fingerprint density at radius 1 is 1.00 bits per heavy atom. The molecule has 0 fully saturated rings. The van der Waals surface area contributed by atoms with Crippen molar-refractivity contribution in [2.45, 2.75) is 13.0 Å². The second-order valence-corrected chi connectivity index (χ2v) is 8.84. The summed E-state index contributed by atoms with van der Waals surface area (Å²) in [5.74, 6) is 1.74. The average Bonchev–Trinajstić information content (AvgIpc) is 3.04. The lowest BCUT2D eigenvalue weighted by atomic mass is 10.1. The van der Waals surface area contributed by atoms with Gasteiger partial charge >= 0.3 is 0 Å². The van der Waals surface area contributed by atoms with E-state index in [-0.39, 0.29) is 0 Å². The van der Waals surface area contributed by atoms with E-state index in [0.29, 0.717) is 0 Å². The molecule has 1 aliphatic heterocycles. The van der Waals surface area contributed by atoms with Crippen LogP contribution >= 0.6 is 0 Å². The third-order valence-corrected chi connectivity index (χ3v) is 5.47. The van der Waals surface area contributed by atoms with Crippen molar-refractivity contribution < 1.29 is 13.8 Å². The number of nitrogens with zero attached hydrogens (tertiary/aromatic N) is 3. The minimum Gasteiger partial charge on any atom is -0.439 e. The molecule has 4 nitrogen and oxygen atoms in total. The summed E-state index contributed by atoms with van der Waals surface area (Å²) in [6.07, 6.45) is 9.62. The number of aryl methyl sites for hydroxylation is 1. The molecule has 0 saturated heterocycles. The van der Waals surface area contributed by atoms with Crippen molar-refractivity contribution in [2.24, 2.45) is 0 Å². The molecule has 1 aliphatic rings. The van der Waals surface area contributed by atoms with Crippen LogP contribution in [0.5, 0.6) is 5.75 Å². The first kappa shape index (κ1) is 20.2. The van der Waals surface area contributed by atoms with Crippen LogP contribution in [0.25, 0.3) is 17.0 Å². The molecule has 0 saturated carbocycles. The molecule has 4 rings (SSSR count). The molecular formula is C26H31N3O+2. The van der Waals surface area contributed by atoms with Gasteiger partial charge in [0.05, 0.1) is 45.2 Å². The van der Waals surface area contributed by atoms with Crippen LogP contribution in [0.2, 0.25) is 0 Å². The lowest BCUT2D eigenvalue weighted by molar-refractivity contribution is -0.873. The van der Waals surface area contributed by atoms with Crippen molar-refractivity contribution in [1.29, 1.82) is 0 Å². The Labute approximate surface area is 179 Å². The maximum Gasteiger partial charge on any atom is 0.213 e. The molecule has 2 aromatic carbocycles. The van der Waals surface area contributed by atoms with Crippen molar-refractivity contribution >= 4 is 22.7 Å². The summed E-state index contributed by atoms with van der Waals surface area (Å²) < 4.78 is 9.33. The number of allylic oxidation sites excluding steroid dienone is 2. The number of rotatable bonds is 6. The van der Waals surface area contributed by atoms with Crippen LogP contribution in [0.4, 0.5) is 5.69 Å². The van der Waals surface area contributed by atoms with Crippen LogP contribution < -0.4 is 14.2 Å². The lowest BCUT2D eigenvalue weighted by Gasteiger charge is -2.22. The first-order chi connectivity index (χ1) is 14.4. The van der Waals surface area contributed by atoms with E-state index in [2.05, 4.69) is 85.4 Å². The Bertz CT molecular complexity index is 1110. The van der Waals surface area contributed by atoms with Crippen molar-refractivity contribution in [2.75, 3.05) is 39.6 Å². The first-order valence-electron chi connectivity index (χ1n) is 10.5. The van der Waals surface area contributed by atoms with Crippen LogP contribution in [-0.2, 0) is 6.54 Å². The average molecular weight is 402 g/mol. The highest BCUT2D eigenvalue weighted by atomic mass is 16.5. The molecule has 0 atom stereocenters. The standard InChI is InChI=1S/C26H31N3O/c1-27-24-14-7-8-15-25(24)30-26(27)16-9-11-21-17-19-28(18-10-20-29(2,3)4)23-13-6-5-12-22(21)23/h5-9,11-17,19H,10,18,20H2,1-4H3/q+2. The second kappa shape index (κ2) is 8.33. The van der Waals surface area contributed by atoms with E-state index in [4.69, 9.17) is 4.74 Å². The zero-order chi connectivity index (χ0) is 21.1. The molecule has 0 bridgehead atoms. The smallest absolute Gasteiger partial charge is 0.213 e. The van der Waals surface area contributed by atoms with Gasteiger partial charge in [0.1, 0.15) is 0 Å². The highest BCUT2D eigenvalue weighted by Crippen LogP contribution is 2.37. The van der Waals surface area contributed by atoms with E-state index in [1.165, 1.54) is 16.5 Å². The Balaban J connectivity index is 1.55. The minimum absolute atomic E-state index is 0.836. The number of anilines is 1. The fourth-order valence-corrected chi connectivity index (χ4v) is 3.86. The second-order valence-electron chi connectivity index (χ2n) is 8.84. The molecular weight excluding hydrogens is 370 g/mol. The molecule has 30 heavy (non-hydrogen) atoms. The summed E-state index contributed by atoms with van der Waals surface area (Å²) in [6, 6.07) is 18.9. The molecule has 0 aliphatic carbocycles. The summed E-state index contributed by atoms with van der Waals surface area (Å²) in [5, 5.41) is 1.27. The molecule has 0 radical (unpaired) electrons. The van der Waals surface area contributed by atoms with E-state index in [9.17, 15) is 0 Å². The molecule has 2 heterocycles. The maximum atomic E-state index is 5.97. The van der Waals surface area contributed by atoms with Crippen LogP contribution in [0.15, 0.2) is 78.8 Å². The van der Waals surface area contributed by atoms with Gasteiger partial charge in [-0.25, -0.2) is 0 Å². The van der Waals surface area contributed by atoms with Crippen molar-refractivity contribution in [1.82, 2.24) is 0 Å². The molecule has 1 aromatic heterocycles. The third-order valence-electron chi connectivity index (χ3n) is 5.47. The summed E-state index contributed by atoms with van der Waals surface area (Å²) in [6.45, 7) is 2.19. The fourth-order valence-electron chi connectivity index (χ4n) is 3.86. The molecule has 0 spiro atoms. The number of hydrogen-bond donors (Lipinski definition) is 0. The molecule has 3 aromatic rings. The van der Waals surface area contributed by atoms with Crippen molar-refractivity contribution in [3.63, 3.8) is 0 Å². The molecule has 0 unspecified atom stereocenters. The molecule has 0 amide bonds. The zero-order valence-electron chi connectivity index (χ0n) is 18.4. The van der Waals surface area contributed by atoms with Crippen molar-refractivity contribution in [3.05, 3.63) is 84.4 Å². The van der Waals surface area contributed by atoms with Gasteiger partial charge in [-0.05, 0) is 29.8 Å². The monoisotopic (exact) mass is 401 g/mol. The number of fused-ring (bicyclic) bond motifs is 2. The zero-order valence-corrected chi connectivity index (χ0v) is 18.4. The maximum absolute atomic E-state index is 5.97. The first-order valence-corrected chi connectivity index (χ1v) is 10.5. The Morgan fingerprint density at radius 3 is 2.57 bits per heavy atom. The van der Waals surface area contributed by atoms with Gasteiger partial charge in [-0.3, -0.25) is 0 Å². The highest BCUT2D eigenvalue weighted by Gasteiger charge is 2.21. The minimum atomic E-state index is 0.836. The van der Waals surface area contributed by atoms with E-state index in [1.54, 1.807) is 0 Å². The SMILES string of the molecule is CN1/C(=C\C=C\c2cc[n+](CCC[N+](C)(C)C)c3ccccc23)Oc2ccccc21. The number of quaternary nitrogens is 1. The van der Waals surface area contributed by atoms with E-state index in [1.807, 2.05) is 31.3 Å². The van der Waals surface area contributed by atoms with Crippen molar-refractivity contribution in [3.8, 4) is 5.75 Å². The molecule has 4 heteroatoms.